The van der Waals surface area contributed by atoms with Crippen LogP contribution in [0.15, 0.2) is 232 Å². The van der Waals surface area contributed by atoms with Crippen LogP contribution >= 0.6 is 0 Å². The average Bonchev–Trinajstić information content (AvgIpc) is 4.04. The minimum absolute atomic E-state index is 0.165. The summed E-state index contributed by atoms with van der Waals surface area (Å²) in [6, 6.07) is 49.9. The van der Waals surface area contributed by atoms with Gasteiger partial charge < -0.3 is 4.90 Å². The van der Waals surface area contributed by atoms with Gasteiger partial charge in [0.25, 0.3) is 0 Å². The highest BCUT2D eigenvalue weighted by Gasteiger charge is 2.41. The summed E-state index contributed by atoms with van der Waals surface area (Å²) >= 11 is 0. The molecular weight excluding hydrogens is 957 g/mol. The molecule has 0 fully saturated rings. The van der Waals surface area contributed by atoms with E-state index in [1.807, 2.05) is 38.3 Å². The quantitative estimate of drug-likeness (QED) is 0.0738. The molecule has 0 saturated heterocycles. The highest BCUT2D eigenvalue weighted by molar-refractivity contribution is 6.09. The Morgan fingerprint density at radius 1 is 0.785 bits per heavy atom. The molecule has 10 rings (SSSR count). The third-order valence-electron chi connectivity index (χ3n) is 15.9. The molecule has 0 saturated carbocycles. The van der Waals surface area contributed by atoms with Gasteiger partial charge in [-0.15, -0.1) is 0 Å². The summed E-state index contributed by atoms with van der Waals surface area (Å²) in [5.74, 6) is 1.57. The maximum atomic E-state index is 9.73. The molecule has 3 unspecified atom stereocenters. The zero-order valence-electron chi connectivity index (χ0n) is 49.0. The number of fused-ring (bicyclic) bond motifs is 3. The Hall–Kier alpha value is -8.13. The van der Waals surface area contributed by atoms with Crippen molar-refractivity contribution in [2.75, 3.05) is 11.4 Å². The molecular formula is C75H80N4. The first-order chi connectivity index (χ1) is 38.1. The van der Waals surface area contributed by atoms with Crippen molar-refractivity contribution in [1.82, 2.24) is 0 Å². The van der Waals surface area contributed by atoms with Crippen LogP contribution < -0.4 is 4.90 Å². The van der Waals surface area contributed by atoms with E-state index in [1.54, 1.807) is 0 Å². The molecule has 0 spiro atoms. The zero-order chi connectivity index (χ0) is 56.4. The highest BCUT2D eigenvalue weighted by Crippen LogP contribution is 2.51. The van der Waals surface area contributed by atoms with Gasteiger partial charge in [0.15, 0.2) is 5.84 Å². The summed E-state index contributed by atoms with van der Waals surface area (Å²) < 4.78 is 0. The highest BCUT2D eigenvalue weighted by atomic mass is 15.2. The van der Waals surface area contributed by atoms with Crippen molar-refractivity contribution in [3.63, 3.8) is 0 Å². The van der Waals surface area contributed by atoms with Gasteiger partial charge in [-0.2, -0.15) is 5.26 Å². The Morgan fingerprint density at radius 3 is 2.22 bits per heavy atom. The topological polar surface area (TPSA) is 51.8 Å². The monoisotopic (exact) mass is 1040 g/mol. The summed E-state index contributed by atoms with van der Waals surface area (Å²) in [4.78, 5) is 13.3. The smallest absolute Gasteiger partial charge is 0.155 e. The minimum atomic E-state index is -0.331. The molecule has 3 aliphatic carbocycles. The second-order valence-corrected chi connectivity index (χ2v) is 22.2. The van der Waals surface area contributed by atoms with Crippen LogP contribution in [0.25, 0.3) is 27.8 Å². The lowest BCUT2D eigenvalue weighted by Gasteiger charge is -2.37. The maximum Gasteiger partial charge on any atom is 0.155 e. The molecule has 3 atom stereocenters. The second kappa shape index (κ2) is 25.6. The van der Waals surface area contributed by atoms with Gasteiger partial charge in [-0.05, 0) is 159 Å². The van der Waals surface area contributed by atoms with Gasteiger partial charge in [-0.3, -0.25) is 4.99 Å². The second-order valence-electron chi connectivity index (χ2n) is 22.2. The van der Waals surface area contributed by atoms with E-state index in [1.165, 1.54) is 78.2 Å². The Kier molecular flexibility index (Phi) is 18.5. The lowest BCUT2D eigenvalue weighted by atomic mass is 9.78. The number of rotatable bonds is 11. The molecule has 1 aliphatic heterocycles. The van der Waals surface area contributed by atoms with Crippen LogP contribution in [0.1, 0.15) is 131 Å². The number of nitriles is 1. The first-order valence-corrected chi connectivity index (χ1v) is 28.5. The molecule has 400 valence electrons. The van der Waals surface area contributed by atoms with Crippen molar-refractivity contribution >= 4 is 23.3 Å². The maximum absolute atomic E-state index is 9.73. The predicted molar refractivity (Wildman–Crippen MR) is 340 cm³/mol. The first kappa shape index (κ1) is 57.1. The Bertz CT molecular complexity index is 3550. The Morgan fingerprint density at radius 2 is 1.51 bits per heavy atom. The molecule has 4 nitrogen and oxygen atoms in total. The molecule has 0 N–H and O–H groups in total. The van der Waals surface area contributed by atoms with Gasteiger partial charge in [0.2, 0.25) is 0 Å². The summed E-state index contributed by atoms with van der Waals surface area (Å²) in [5.41, 5.74) is 25.0. The number of aliphatic imine (C=N–C) groups is 2. The van der Waals surface area contributed by atoms with E-state index in [0.29, 0.717) is 23.9 Å². The molecule has 6 aromatic carbocycles. The number of anilines is 1. The summed E-state index contributed by atoms with van der Waals surface area (Å²) in [6.45, 7) is 30.5. The number of benzene rings is 6. The SMILES string of the molecule is C=C/C(C1=C(C)C=CCC1)=C(/C)C(C)C.CC.CC1=CC2c3cc(C)ccc3N(C3=CCC(C)(CN=C(N=Cc4ccc(C)c(-c5ccc(C)cc5)c4)c4ccccc4-c4cccc(C)c4)C=C3c3ccc(C#N)cc3)C2C=C1. The molecule has 4 heteroatoms. The molecule has 1 heterocycles. The molecule has 0 radical (unpaired) electrons. The molecule has 0 amide bonds. The average molecular weight is 1040 g/mol. The van der Waals surface area contributed by atoms with Gasteiger partial charge in [0.1, 0.15) is 0 Å². The largest absolute Gasteiger partial charge is 0.333 e. The number of hydrogen-bond donors (Lipinski definition) is 0. The lowest BCUT2D eigenvalue weighted by molar-refractivity contribution is 0.444. The van der Waals surface area contributed by atoms with E-state index >= 15 is 0 Å². The molecule has 79 heavy (non-hydrogen) atoms. The van der Waals surface area contributed by atoms with Crippen molar-refractivity contribution in [3.8, 4) is 28.3 Å². The minimum Gasteiger partial charge on any atom is -0.333 e. The third-order valence-corrected chi connectivity index (χ3v) is 15.9. The van der Waals surface area contributed by atoms with Gasteiger partial charge in [0, 0.05) is 40.1 Å². The van der Waals surface area contributed by atoms with E-state index in [4.69, 9.17) is 9.98 Å². The zero-order valence-corrected chi connectivity index (χ0v) is 49.0. The fourth-order valence-electron chi connectivity index (χ4n) is 11.2. The number of aryl methyl sites for hydroxylation is 4. The third kappa shape index (κ3) is 13.1. The van der Waals surface area contributed by atoms with Crippen LogP contribution in [0.3, 0.4) is 0 Å². The standard InChI is InChI=1S/C58H52N4.C15H22.C2H6/c1-38-14-22-45(23-15-38)50-33-44(19-18-42(50)5)36-60-57(49-13-8-7-12-48(49)47-11-9-10-39(2)30-47)61-37-58(6)29-28-56(53(34-58)46-24-20-43(35-59)21-25-46)62-54-26-16-40(3)31-51(54)52-32-41(4)17-27-55(52)62;1-6-14(13(5)11(2)3)15-10-8-7-9-12(15)4;1-2/h7-28,30-34,36,51,54H,29,37H2,1-6H3;6-7,9,11H,1,8,10H2,2-5H3;1-2H3/b;14-13+;. The fourth-order valence-corrected chi connectivity index (χ4v) is 11.2. The van der Waals surface area contributed by atoms with Gasteiger partial charge in [-0.1, -0.05) is 227 Å². The van der Waals surface area contributed by atoms with Crippen LogP contribution in [-0.2, 0) is 0 Å². The Balaban J connectivity index is 0.000000417. The van der Waals surface area contributed by atoms with E-state index in [-0.39, 0.29) is 17.4 Å². The number of amidine groups is 1. The predicted octanol–water partition coefficient (Wildman–Crippen LogP) is 19.7. The van der Waals surface area contributed by atoms with Crippen molar-refractivity contribution in [2.45, 2.75) is 114 Å². The molecule has 0 bridgehead atoms. The normalized spacial score (nSPS) is 18.8. The van der Waals surface area contributed by atoms with E-state index < -0.39 is 0 Å². The van der Waals surface area contributed by atoms with Crippen molar-refractivity contribution in [2.24, 2.45) is 21.3 Å². The summed E-state index contributed by atoms with van der Waals surface area (Å²) in [7, 11) is 0. The number of hydrogen-bond acceptors (Lipinski definition) is 3. The van der Waals surface area contributed by atoms with Crippen molar-refractivity contribution in [1.29, 1.82) is 5.26 Å². The van der Waals surface area contributed by atoms with Crippen LogP contribution in [0, 0.1) is 50.4 Å². The van der Waals surface area contributed by atoms with Crippen LogP contribution in [0.5, 0.6) is 0 Å². The first-order valence-electron chi connectivity index (χ1n) is 28.5. The summed E-state index contributed by atoms with van der Waals surface area (Å²) in [6.07, 6.45) is 23.5. The van der Waals surface area contributed by atoms with Gasteiger partial charge in [-0.25, -0.2) is 4.99 Å². The van der Waals surface area contributed by atoms with E-state index in [0.717, 1.165) is 52.7 Å². The van der Waals surface area contributed by atoms with E-state index in [9.17, 15) is 5.26 Å². The van der Waals surface area contributed by atoms with Crippen molar-refractivity contribution in [3.05, 3.63) is 272 Å². The summed E-state index contributed by atoms with van der Waals surface area (Å²) in [5, 5.41) is 9.73. The number of allylic oxidation sites excluding steroid dienone is 11. The number of nitrogens with zero attached hydrogens (tertiary/aromatic N) is 4. The molecule has 0 aromatic heterocycles. The van der Waals surface area contributed by atoms with Gasteiger partial charge >= 0.3 is 0 Å². The fraction of sp³-hybridized carbons (Fsp3) is 0.267. The van der Waals surface area contributed by atoms with Crippen LogP contribution in [-0.4, -0.2) is 24.6 Å². The van der Waals surface area contributed by atoms with Crippen LogP contribution in [0.4, 0.5) is 5.69 Å². The van der Waals surface area contributed by atoms with Crippen LogP contribution in [0.2, 0.25) is 0 Å². The molecule has 4 aliphatic rings. The molecule has 6 aromatic rings. The van der Waals surface area contributed by atoms with Crippen molar-refractivity contribution < 1.29 is 0 Å². The lowest BCUT2D eigenvalue weighted by Crippen LogP contribution is -2.35. The van der Waals surface area contributed by atoms with E-state index in [2.05, 4.69) is 251 Å². The Labute approximate surface area is 473 Å². The van der Waals surface area contributed by atoms with Gasteiger partial charge in [0.05, 0.1) is 24.2 Å².